The Morgan fingerprint density at radius 1 is 1.21 bits per heavy atom. The molecule has 19 heavy (non-hydrogen) atoms. The maximum absolute atomic E-state index is 3.74. The van der Waals surface area contributed by atoms with Gasteiger partial charge in [0.15, 0.2) is 0 Å². The molecular weight excluding hydrogens is 234 g/mol. The fraction of sp³-hybridized carbons (Fsp3) is 1.00. The van der Waals surface area contributed by atoms with Crippen molar-refractivity contribution in [1.82, 2.24) is 15.1 Å². The summed E-state index contributed by atoms with van der Waals surface area (Å²) >= 11 is 0. The van der Waals surface area contributed by atoms with Crippen molar-refractivity contribution >= 4 is 0 Å². The van der Waals surface area contributed by atoms with E-state index in [0.717, 1.165) is 12.1 Å². The molecule has 0 aliphatic carbocycles. The first kappa shape index (κ1) is 15.3. The Hall–Kier alpha value is -0.120. The molecule has 0 aromatic heterocycles. The van der Waals surface area contributed by atoms with Crippen LogP contribution in [-0.2, 0) is 0 Å². The molecular formula is C16H33N3. The Kier molecular flexibility index (Phi) is 6.11. The van der Waals surface area contributed by atoms with Gasteiger partial charge in [-0.25, -0.2) is 0 Å². The highest BCUT2D eigenvalue weighted by atomic mass is 15.3. The zero-order valence-corrected chi connectivity index (χ0v) is 13.2. The Balaban J connectivity index is 1.84. The van der Waals surface area contributed by atoms with Crippen LogP contribution in [0.25, 0.3) is 0 Å². The quantitative estimate of drug-likeness (QED) is 0.764. The third-order valence-electron chi connectivity index (χ3n) is 4.84. The molecule has 3 atom stereocenters. The summed E-state index contributed by atoms with van der Waals surface area (Å²) < 4.78 is 0. The van der Waals surface area contributed by atoms with E-state index in [1.54, 1.807) is 0 Å². The summed E-state index contributed by atoms with van der Waals surface area (Å²) in [5.74, 6) is 0. The third kappa shape index (κ3) is 4.17. The largest absolute Gasteiger partial charge is 0.313 e. The SMILES string of the molecule is CCCNC(CCC)CN1CC2CCCN2CC1C. The second-order valence-electron chi connectivity index (χ2n) is 6.53. The van der Waals surface area contributed by atoms with Gasteiger partial charge >= 0.3 is 0 Å². The predicted octanol–water partition coefficient (Wildman–Crippen LogP) is 2.32. The fourth-order valence-electron chi connectivity index (χ4n) is 3.74. The van der Waals surface area contributed by atoms with Crippen LogP contribution < -0.4 is 5.32 Å². The van der Waals surface area contributed by atoms with E-state index in [-0.39, 0.29) is 0 Å². The molecule has 112 valence electrons. The zero-order valence-electron chi connectivity index (χ0n) is 13.2. The van der Waals surface area contributed by atoms with Crippen molar-refractivity contribution in [3.8, 4) is 0 Å². The third-order valence-corrected chi connectivity index (χ3v) is 4.84. The van der Waals surface area contributed by atoms with Crippen LogP contribution in [0.1, 0.15) is 52.9 Å². The predicted molar refractivity (Wildman–Crippen MR) is 82.6 cm³/mol. The van der Waals surface area contributed by atoms with Crippen molar-refractivity contribution in [3.63, 3.8) is 0 Å². The maximum atomic E-state index is 3.74. The van der Waals surface area contributed by atoms with E-state index in [4.69, 9.17) is 0 Å². The summed E-state index contributed by atoms with van der Waals surface area (Å²) in [5.41, 5.74) is 0. The Labute approximate surface area is 119 Å². The van der Waals surface area contributed by atoms with Gasteiger partial charge in [-0.15, -0.1) is 0 Å². The second-order valence-corrected chi connectivity index (χ2v) is 6.53. The molecule has 2 saturated heterocycles. The summed E-state index contributed by atoms with van der Waals surface area (Å²) in [6.45, 7) is 13.3. The molecule has 0 radical (unpaired) electrons. The van der Waals surface area contributed by atoms with Crippen molar-refractivity contribution in [1.29, 1.82) is 0 Å². The average Bonchev–Trinajstić information content (AvgIpc) is 2.83. The van der Waals surface area contributed by atoms with E-state index in [9.17, 15) is 0 Å². The van der Waals surface area contributed by atoms with Crippen LogP contribution in [-0.4, -0.2) is 60.6 Å². The molecule has 0 amide bonds. The number of fused-ring (bicyclic) bond motifs is 1. The normalized spacial score (nSPS) is 30.5. The van der Waals surface area contributed by atoms with E-state index in [0.29, 0.717) is 6.04 Å². The van der Waals surface area contributed by atoms with Crippen LogP contribution in [0.4, 0.5) is 0 Å². The summed E-state index contributed by atoms with van der Waals surface area (Å²) in [5, 5.41) is 3.74. The highest BCUT2D eigenvalue weighted by molar-refractivity contribution is 4.91. The highest BCUT2D eigenvalue weighted by Crippen LogP contribution is 2.24. The van der Waals surface area contributed by atoms with Gasteiger partial charge in [-0.3, -0.25) is 9.80 Å². The Morgan fingerprint density at radius 2 is 2.05 bits per heavy atom. The van der Waals surface area contributed by atoms with Gasteiger partial charge < -0.3 is 5.32 Å². The minimum atomic E-state index is 0.695. The molecule has 0 spiro atoms. The molecule has 0 aromatic rings. The number of hydrogen-bond acceptors (Lipinski definition) is 3. The van der Waals surface area contributed by atoms with E-state index < -0.39 is 0 Å². The minimum Gasteiger partial charge on any atom is -0.313 e. The topological polar surface area (TPSA) is 18.5 Å². The first-order valence-electron chi connectivity index (χ1n) is 8.46. The van der Waals surface area contributed by atoms with Gasteiger partial charge in [0.2, 0.25) is 0 Å². The van der Waals surface area contributed by atoms with Crippen molar-refractivity contribution in [3.05, 3.63) is 0 Å². The second kappa shape index (κ2) is 7.61. The first-order valence-corrected chi connectivity index (χ1v) is 8.46. The van der Waals surface area contributed by atoms with Crippen LogP contribution in [0.3, 0.4) is 0 Å². The lowest BCUT2D eigenvalue weighted by Gasteiger charge is -2.43. The van der Waals surface area contributed by atoms with Gasteiger partial charge in [-0.05, 0) is 45.7 Å². The number of hydrogen-bond donors (Lipinski definition) is 1. The number of piperazine rings is 1. The standard InChI is InChI=1S/C16H33N3/c1-4-7-15(17-9-5-2)12-19-13-16-8-6-10-18(16)11-14(19)3/h14-17H,4-13H2,1-3H3. The molecule has 1 N–H and O–H groups in total. The molecule has 2 heterocycles. The van der Waals surface area contributed by atoms with Gasteiger partial charge in [0.1, 0.15) is 0 Å². The van der Waals surface area contributed by atoms with Gasteiger partial charge in [0.05, 0.1) is 0 Å². The molecule has 2 rings (SSSR count). The minimum absolute atomic E-state index is 0.695. The fourth-order valence-corrected chi connectivity index (χ4v) is 3.74. The first-order chi connectivity index (χ1) is 9.24. The van der Waals surface area contributed by atoms with Crippen LogP contribution in [0.5, 0.6) is 0 Å². The van der Waals surface area contributed by atoms with Gasteiger partial charge in [0.25, 0.3) is 0 Å². The maximum Gasteiger partial charge on any atom is 0.0224 e. The molecule has 0 saturated carbocycles. The van der Waals surface area contributed by atoms with Crippen molar-refractivity contribution < 1.29 is 0 Å². The summed E-state index contributed by atoms with van der Waals surface area (Å²) in [6.07, 6.45) is 6.69. The molecule has 3 unspecified atom stereocenters. The van der Waals surface area contributed by atoms with Crippen molar-refractivity contribution in [2.45, 2.75) is 71.0 Å². The molecule has 2 aliphatic heterocycles. The van der Waals surface area contributed by atoms with Gasteiger partial charge in [-0.1, -0.05) is 20.3 Å². The van der Waals surface area contributed by atoms with Gasteiger partial charge in [-0.2, -0.15) is 0 Å². The van der Waals surface area contributed by atoms with E-state index >= 15 is 0 Å². The molecule has 2 fully saturated rings. The van der Waals surface area contributed by atoms with E-state index in [2.05, 4.69) is 35.9 Å². The van der Waals surface area contributed by atoms with Crippen molar-refractivity contribution in [2.75, 3.05) is 32.7 Å². The summed E-state index contributed by atoms with van der Waals surface area (Å²) in [6, 6.07) is 2.28. The van der Waals surface area contributed by atoms with E-state index in [1.807, 2.05) is 0 Å². The van der Waals surface area contributed by atoms with Crippen LogP contribution in [0.2, 0.25) is 0 Å². The number of nitrogens with zero attached hydrogens (tertiary/aromatic N) is 2. The molecule has 3 nitrogen and oxygen atoms in total. The lowest BCUT2D eigenvalue weighted by atomic mass is 10.1. The summed E-state index contributed by atoms with van der Waals surface area (Å²) in [4.78, 5) is 5.46. The van der Waals surface area contributed by atoms with Crippen molar-refractivity contribution in [2.24, 2.45) is 0 Å². The molecule has 0 aromatic carbocycles. The smallest absolute Gasteiger partial charge is 0.0224 e. The molecule has 3 heteroatoms. The lowest BCUT2D eigenvalue weighted by Crippen LogP contribution is -2.57. The van der Waals surface area contributed by atoms with Gasteiger partial charge in [0, 0.05) is 37.8 Å². The van der Waals surface area contributed by atoms with Crippen LogP contribution in [0, 0.1) is 0 Å². The Bertz CT molecular complexity index is 256. The van der Waals surface area contributed by atoms with E-state index in [1.165, 1.54) is 64.8 Å². The van der Waals surface area contributed by atoms with Crippen LogP contribution >= 0.6 is 0 Å². The monoisotopic (exact) mass is 267 g/mol. The number of nitrogens with one attached hydrogen (secondary N) is 1. The van der Waals surface area contributed by atoms with Crippen LogP contribution in [0.15, 0.2) is 0 Å². The number of rotatable bonds is 7. The zero-order chi connectivity index (χ0) is 13.7. The summed E-state index contributed by atoms with van der Waals surface area (Å²) in [7, 11) is 0. The Morgan fingerprint density at radius 3 is 2.79 bits per heavy atom. The average molecular weight is 267 g/mol. The highest BCUT2D eigenvalue weighted by Gasteiger charge is 2.34. The lowest BCUT2D eigenvalue weighted by molar-refractivity contribution is 0.0517. The molecule has 2 aliphatic rings. The molecule has 0 bridgehead atoms.